The number of carbonyl (C=O) groups is 1. The zero-order valence-corrected chi connectivity index (χ0v) is 7.69. The van der Waals surface area contributed by atoms with Crippen LogP contribution in [0.15, 0.2) is 0 Å². The fraction of sp³-hybridized carbons (Fsp3) is 0.875. The van der Waals surface area contributed by atoms with Crippen molar-refractivity contribution in [2.75, 3.05) is 5.33 Å². The van der Waals surface area contributed by atoms with Gasteiger partial charge in [0.2, 0.25) is 0 Å². The Morgan fingerprint density at radius 3 is 3.00 bits per heavy atom. The maximum absolute atomic E-state index is 10.9. The van der Waals surface area contributed by atoms with Gasteiger partial charge in [-0.05, 0) is 25.2 Å². The SMILES string of the molecule is O=C1CCCC(CCBr)C1. The largest absolute Gasteiger partial charge is 0.300 e. The van der Waals surface area contributed by atoms with Gasteiger partial charge in [0.05, 0.1) is 0 Å². The molecule has 0 radical (unpaired) electrons. The Kier molecular flexibility index (Phi) is 3.40. The summed E-state index contributed by atoms with van der Waals surface area (Å²) in [5.74, 6) is 1.15. The molecule has 0 N–H and O–H groups in total. The number of hydrogen-bond acceptors (Lipinski definition) is 1. The summed E-state index contributed by atoms with van der Waals surface area (Å²) < 4.78 is 0. The molecule has 0 aromatic carbocycles. The summed E-state index contributed by atoms with van der Waals surface area (Å²) in [4.78, 5) is 10.9. The third-order valence-electron chi connectivity index (χ3n) is 2.10. The van der Waals surface area contributed by atoms with Crippen LogP contribution >= 0.6 is 15.9 Å². The van der Waals surface area contributed by atoms with Crippen LogP contribution in [0.4, 0.5) is 0 Å². The van der Waals surface area contributed by atoms with Crippen molar-refractivity contribution in [3.8, 4) is 0 Å². The molecule has 0 aliphatic heterocycles. The van der Waals surface area contributed by atoms with Crippen LogP contribution in [-0.4, -0.2) is 11.1 Å². The standard InChI is InChI=1S/C8H13BrO/c9-5-4-7-2-1-3-8(10)6-7/h7H,1-6H2. The molecule has 0 heterocycles. The number of rotatable bonds is 2. The Morgan fingerprint density at radius 2 is 2.40 bits per heavy atom. The summed E-state index contributed by atoms with van der Waals surface area (Å²) in [6.07, 6.45) is 5.23. The molecule has 0 aromatic rings. The van der Waals surface area contributed by atoms with Gasteiger partial charge in [0, 0.05) is 18.2 Å². The summed E-state index contributed by atoms with van der Waals surface area (Å²) in [5, 5.41) is 1.05. The van der Waals surface area contributed by atoms with Gasteiger partial charge in [0.1, 0.15) is 5.78 Å². The van der Waals surface area contributed by atoms with Gasteiger partial charge < -0.3 is 0 Å². The summed E-state index contributed by atoms with van der Waals surface area (Å²) in [7, 11) is 0. The molecule has 0 saturated heterocycles. The second kappa shape index (κ2) is 4.12. The quantitative estimate of drug-likeness (QED) is 0.633. The molecular weight excluding hydrogens is 192 g/mol. The number of carbonyl (C=O) groups excluding carboxylic acids is 1. The highest BCUT2D eigenvalue weighted by molar-refractivity contribution is 9.09. The first kappa shape index (κ1) is 8.25. The van der Waals surface area contributed by atoms with Gasteiger partial charge >= 0.3 is 0 Å². The van der Waals surface area contributed by atoms with Crippen molar-refractivity contribution in [2.45, 2.75) is 32.1 Å². The lowest BCUT2D eigenvalue weighted by molar-refractivity contribution is -0.121. The number of ketones is 1. The van der Waals surface area contributed by atoms with E-state index in [0.29, 0.717) is 11.7 Å². The topological polar surface area (TPSA) is 17.1 Å². The van der Waals surface area contributed by atoms with Gasteiger partial charge in [-0.3, -0.25) is 4.79 Å². The molecule has 58 valence electrons. The van der Waals surface area contributed by atoms with Crippen LogP contribution < -0.4 is 0 Å². The highest BCUT2D eigenvalue weighted by atomic mass is 79.9. The summed E-state index contributed by atoms with van der Waals surface area (Å²) in [6.45, 7) is 0. The second-order valence-corrected chi connectivity index (χ2v) is 3.77. The van der Waals surface area contributed by atoms with Crippen molar-refractivity contribution >= 4 is 21.7 Å². The van der Waals surface area contributed by atoms with Crippen molar-refractivity contribution in [1.29, 1.82) is 0 Å². The van der Waals surface area contributed by atoms with Gasteiger partial charge in [-0.1, -0.05) is 15.9 Å². The Labute approximate surface area is 70.3 Å². The average molecular weight is 205 g/mol. The molecule has 1 rings (SSSR count). The van der Waals surface area contributed by atoms with Gasteiger partial charge in [-0.15, -0.1) is 0 Å². The van der Waals surface area contributed by atoms with E-state index >= 15 is 0 Å². The van der Waals surface area contributed by atoms with Gasteiger partial charge in [-0.25, -0.2) is 0 Å². The van der Waals surface area contributed by atoms with E-state index in [1.807, 2.05) is 0 Å². The normalized spacial score (nSPS) is 26.9. The van der Waals surface area contributed by atoms with Crippen LogP contribution in [0.25, 0.3) is 0 Å². The van der Waals surface area contributed by atoms with Gasteiger partial charge in [-0.2, -0.15) is 0 Å². The molecule has 0 aromatic heterocycles. The average Bonchev–Trinajstić information content (AvgIpc) is 1.88. The van der Waals surface area contributed by atoms with Crippen LogP contribution in [0.2, 0.25) is 0 Å². The monoisotopic (exact) mass is 204 g/mol. The Balaban J connectivity index is 2.25. The van der Waals surface area contributed by atoms with E-state index in [4.69, 9.17) is 0 Å². The molecule has 1 aliphatic carbocycles. The Hall–Kier alpha value is 0.150. The summed E-state index contributed by atoms with van der Waals surface area (Å²) in [5.41, 5.74) is 0. The Morgan fingerprint density at radius 1 is 1.60 bits per heavy atom. The number of alkyl halides is 1. The van der Waals surface area contributed by atoms with Crippen LogP contribution in [-0.2, 0) is 4.79 Å². The predicted octanol–water partition coefficient (Wildman–Crippen LogP) is 2.53. The van der Waals surface area contributed by atoms with Crippen LogP contribution in [0, 0.1) is 5.92 Å². The molecule has 1 saturated carbocycles. The lowest BCUT2D eigenvalue weighted by Gasteiger charge is -2.19. The van der Waals surface area contributed by atoms with Crippen molar-refractivity contribution in [1.82, 2.24) is 0 Å². The molecule has 0 spiro atoms. The highest BCUT2D eigenvalue weighted by Crippen LogP contribution is 2.24. The summed E-state index contributed by atoms with van der Waals surface area (Å²) in [6, 6.07) is 0. The lowest BCUT2D eigenvalue weighted by Crippen LogP contribution is -2.14. The molecule has 10 heavy (non-hydrogen) atoms. The molecule has 1 nitrogen and oxygen atoms in total. The third-order valence-corrected chi connectivity index (χ3v) is 2.56. The van der Waals surface area contributed by atoms with E-state index in [0.717, 1.165) is 24.6 Å². The van der Waals surface area contributed by atoms with Gasteiger partial charge in [0.15, 0.2) is 0 Å². The van der Waals surface area contributed by atoms with E-state index < -0.39 is 0 Å². The van der Waals surface area contributed by atoms with E-state index in [-0.39, 0.29) is 0 Å². The van der Waals surface area contributed by atoms with Crippen LogP contribution in [0.5, 0.6) is 0 Å². The molecule has 1 atom stereocenters. The number of Topliss-reactive ketones (excluding diaryl/α,β-unsaturated/α-hetero) is 1. The molecule has 1 unspecified atom stereocenters. The fourth-order valence-corrected chi connectivity index (χ4v) is 2.16. The van der Waals surface area contributed by atoms with E-state index in [2.05, 4.69) is 15.9 Å². The zero-order valence-electron chi connectivity index (χ0n) is 6.11. The van der Waals surface area contributed by atoms with E-state index in [1.54, 1.807) is 0 Å². The highest BCUT2D eigenvalue weighted by Gasteiger charge is 2.17. The van der Waals surface area contributed by atoms with Crippen LogP contribution in [0.1, 0.15) is 32.1 Å². The van der Waals surface area contributed by atoms with E-state index in [1.165, 1.54) is 12.8 Å². The third kappa shape index (κ3) is 2.41. The van der Waals surface area contributed by atoms with Crippen molar-refractivity contribution in [3.63, 3.8) is 0 Å². The maximum atomic E-state index is 10.9. The molecule has 0 amide bonds. The molecule has 1 fully saturated rings. The lowest BCUT2D eigenvalue weighted by atomic mass is 9.87. The van der Waals surface area contributed by atoms with Crippen molar-refractivity contribution in [2.24, 2.45) is 5.92 Å². The summed E-state index contributed by atoms with van der Waals surface area (Å²) >= 11 is 3.39. The minimum atomic E-state index is 0.470. The minimum Gasteiger partial charge on any atom is -0.300 e. The fourth-order valence-electron chi connectivity index (χ4n) is 1.51. The minimum absolute atomic E-state index is 0.470. The first-order valence-corrected chi connectivity index (χ1v) is 5.02. The first-order valence-electron chi connectivity index (χ1n) is 3.90. The first-order chi connectivity index (χ1) is 4.83. The van der Waals surface area contributed by atoms with Crippen molar-refractivity contribution < 1.29 is 4.79 Å². The maximum Gasteiger partial charge on any atom is 0.133 e. The number of halogens is 1. The Bertz CT molecular complexity index is 120. The number of hydrogen-bond donors (Lipinski definition) is 0. The molecular formula is C8H13BrO. The van der Waals surface area contributed by atoms with Crippen molar-refractivity contribution in [3.05, 3.63) is 0 Å². The molecule has 2 heteroatoms. The molecule has 0 bridgehead atoms. The predicted molar refractivity (Wildman–Crippen MR) is 45.4 cm³/mol. The van der Waals surface area contributed by atoms with Gasteiger partial charge in [0.25, 0.3) is 0 Å². The second-order valence-electron chi connectivity index (χ2n) is 2.98. The van der Waals surface area contributed by atoms with E-state index in [9.17, 15) is 4.79 Å². The zero-order chi connectivity index (χ0) is 7.40. The smallest absolute Gasteiger partial charge is 0.133 e. The van der Waals surface area contributed by atoms with Crippen LogP contribution in [0.3, 0.4) is 0 Å². The molecule has 1 aliphatic rings.